The fourth-order valence-corrected chi connectivity index (χ4v) is 0.916. The molecular weight excluding hydrogens is 181 g/mol. The van der Waals surface area contributed by atoms with Gasteiger partial charge < -0.3 is 0 Å². The Morgan fingerprint density at radius 1 is 1.33 bits per heavy atom. The molecule has 0 aliphatic carbocycles. The molecule has 1 unspecified atom stereocenters. The number of nitrogens with zero attached hydrogens (tertiary/aromatic N) is 1. The first kappa shape index (κ1) is 8.62. The van der Waals surface area contributed by atoms with Gasteiger partial charge in [-0.25, -0.2) is 0 Å². The summed E-state index contributed by atoms with van der Waals surface area (Å²) in [4.78, 5) is 9.66. The molecule has 0 saturated heterocycles. The summed E-state index contributed by atoms with van der Waals surface area (Å²) in [7, 11) is -0.893. The average Bonchev–Trinajstić information content (AvgIpc) is 2.06. The van der Waals surface area contributed by atoms with E-state index in [1.807, 2.05) is 0 Å². The van der Waals surface area contributed by atoms with Crippen LogP contribution in [0.3, 0.4) is 0 Å². The van der Waals surface area contributed by atoms with Gasteiger partial charge in [0.25, 0.3) is 5.69 Å². The maximum atomic E-state index is 10.2. The summed E-state index contributed by atoms with van der Waals surface area (Å²) in [5.74, 6) is 0.355. The Labute approximate surface area is 69.4 Å². The standard InChI is InChI=1S/C6H5NO4P/c8-7(9)5-1-3-6(4-2-5)11-12-10/h1-4,12H/q+1. The van der Waals surface area contributed by atoms with Crippen LogP contribution in [0.5, 0.6) is 5.75 Å². The lowest BCUT2D eigenvalue weighted by Crippen LogP contribution is -1.86. The van der Waals surface area contributed by atoms with E-state index in [9.17, 15) is 14.7 Å². The molecule has 0 N–H and O–H groups in total. The van der Waals surface area contributed by atoms with Crippen LogP contribution >= 0.6 is 8.69 Å². The van der Waals surface area contributed by atoms with E-state index < -0.39 is 13.6 Å². The quantitative estimate of drug-likeness (QED) is 0.410. The third-order valence-electron chi connectivity index (χ3n) is 1.21. The summed E-state index contributed by atoms with van der Waals surface area (Å²) in [6.45, 7) is 0. The summed E-state index contributed by atoms with van der Waals surface area (Å²) in [5.41, 5.74) is -0.0171. The van der Waals surface area contributed by atoms with Crippen LogP contribution in [0.2, 0.25) is 0 Å². The van der Waals surface area contributed by atoms with Gasteiger partial charge in [-0.2, -0.15) is 0 Å². The topological polar surface area (TPSA) is 69.4 Å². The average molecular weight is 186 g/mol. The van der Waals surface area contributed by atoms with E-state index in [0.717, 1.165) is 0 Å². The highest BCUT2D eigenvalue weighted by Gasteiger charge is 2.05. The highest BCUT2D eigenvalue weighted by atomic mass is 31.1. The zero-order valence-corrected chi connectivity index (χ0v) is 6.89. The van der Waals surface area contributed by atoms with Crippen molar-refractivity contribution in [3.63, 3.8) is 0 Å². The zero-order valence-electron chi connectivity index (χ0n) is 5.89. The van der Waals surface area contributed by atoms with Gasteiger partial charge in [0.1, 0.15) is 0 Å². The highest BCUT2D eigenvalue weighted by molar-refractivity contribution is 7.17. The van der Waals surface area contributed by atoms with Crippen molar-refractivity contribution < 1.29 is 14.0 Å². The van der Waals surface area contributed by atoms with Crippen LogP contribution < -0.4 is 4.52 Å². The molecule has 5 nitrogen and oxygen atoms in total. The Hall–Kier alpha value is -1.48. The van der Waals surface area contributed by atoms with Gasteiger partial charge in [0, 0.05) is 12.1 Å². The molecule has 0 saturated carbocycles. The van der Waals surface area contributed by atoms with Gasteiger partial charge in [-0.15, -0.1) is 0 Å². The van der Waals surface area contributed by atoms with Gasteiger partial charge in [0.05, 0.1) is 4.92 Å². The smallest absolute Gasteiger partial charge is 0.258 e. The predicted octanol–water partition coefficient (Wildman–Crippen LogP) is 1.91. The van der Waals surface area contributed by atoms with Crippen LogP contribution in [0.4, 0.5) is 5.69 Å². The maximum Gasteiger partial charge on any atom is 0.542 e. The molecule has 1 rings (SSSR count). The molecule has 1 aromatic carbocycles. The monoisotopic (exact) mass is 186 g/mol. The molecule has 0 radical (unpaired) electrons. The Kier molecular flexibility index (Phi) is 2.71. The fraction of sp³-hybridized carbons (Fsp3) is 0. The summed E-state index contributed by atoms with van der Waals surface area (Å²) in [6.07, 6.45) is 0. The summed E-state index contributed by atoms with van der Waals surface area (Å²) >= 11 is 0. The zero-order chi connectivity index (χ0) is 8.97. The van der Waals surface area contributed by atoms with Gasteiger partial charge >= 0.3 is 8.69 Å². The van der Waals surface area contributed by atoms with E-state index in [0.29, 0.717) is 5.75 Å². The first-order valence-electron chi connectivity index (χ1n) is 3.02. The van der Waals surface area contributed by atoms with Crippen molar-refractivity contribution in [2.45, 2.75) is 0 Å². The second-order valence-corrected chi connectivity index (χ2v) is 2.31. The van der Waals surface area contributed by atoms with Crippen LogP contribution in [0.15, 0.2) is 24.3 Å². The number of nitro benzene ring substituents is 1. The minimum absolute atomic E-state index is 0.0171. The molecule has 0 fully saturated rings. The molecule has 0 aromatic heterocycles. The number of hydrogen-bond donors (Lipinski definition) is 0. The van der Waals surface area contributed by atoms with Crippen LogP contribution in [0, 0.1) is 10.1 Å². The molecule has 0 bridgehead atoms. The van der Waals surface area contributed by atoms with Crippen molar-refractivity contribution in [1.29, 1.82) is 0 Å². The lowest BCUT2D eigenvalue weighted by molar-refractivity contribution is -0.384. The molecule has 6 heteroatoms. The summed E-state index contributed by atoms with van der Waals surface area (Å²) in [6, 6.07) is 5.36. The molecular formula is C6H5NO4P+. The van der Waals surface area contributed by atoms with E-state index in [1.165, 1.54) is 24.3 Å². The third kappa shape index (κ3) is 2.00. The SMILES string of the molecule is O=[PH+]Oc1ccc([N+](=O)[O-])cc1. The van der Waals surface area contributed by atoms with Crippen molar-refractivity contribution in [2.24, 2.45) is 0 Å². The Morgan fingerprint density at radius 3 is 2.33 bits per heavy atom. The van der Waals surface area contributed by atoms with E-state index >= 15 is 0 Å². The van der Waals surface area contributed by atoms with E-state index in [4.69, 9.17) is 0 Å². The fourth-order valence-electron chi connectivity index (χ4n) is 0.684. The van der Waals surface area contributed by atoms with Gasteiger partial charge in [-0.1, -0.05) is 0 Å². The number of rotatable bonds is 3. The molecule has 0 aliphatic heterocycles. The molecule has 0 spiro atoms. The second kappa shape index (κ2) is 3.78. The van der Waals surface area contributed by atoms with E-state index in [2.05, 4.69) is 4.52 Å². The molecule has 0 heterocycles. The van der Waals surface area contributed by atoms with Crippen molar-refractivity contribution in [3.8, 4) is 5.75 Å². The molecule has 0 amide bonds. The largest absolute Gasteiger partial charge is 0.542 e. The molecule has 0 aliphatic rings. The summed E-state index contributed by atoms with van der Waals surface area (Å²) < 4.78 is 14.6. The van der Waals surface area contributed by atoms with Crippen molar-refractivity contribution >= 4 is 14.4 Å². The first-order valence-corrected chi connectivity index (χ1v) is 3.84. The van der Waals surface area contributed by atoms with E-state index in [-0.39, 0.29) is 5.69 Å². The van der Waals surface area contributed by atoms with Crippen LogP contribution in [-0.2, 0) is 4.57 Å². The normalized spacial score (nSPS) is 9.67. The van der Waals surface area contributed by atoms with Crippen molar-refractivity contribution in [3.05, 3.63) is 34.4 Å². The lowest BCUT2D eigenvalue weighted by Gasteiger charge is -1.90. The van der Waals surface area contributed by atoms with E-state index in [1.54, 1.807) is 0 Å². The molecule has 12 heavy (non-hydrogen) atoms. The molecule has 1 aromatic rings. The predicted molar refractivity (Wildman–Crippen MR) is 42.7 cm³/mol. The Balaban J connectivity index is 2.85. The number of hydrogen-bond acceptors (Lipinski definition) is 4. The lowest BCUT2D eigenvalue weighted by atomic mass is 10.3. The minimum atomic E-state index is -0.893. The molecule has 1 atom stereocenters. The van der Waals surface area contributed by atoms with Crippen LogP contribution in [-0.4, -0.2) is 4.92 Å². The summed E-state index contributed by atoms with van der Waals surface area (Å²) in [5, 5.41) is 10.2. The molecule has 62 valence electrons. The second-order valence-electron chi connectivity index (χ2n) is 1.94. The van der Waals surface area contributed by atoms with Crippen LogP contribution in [0.25, 0.3) is 0 Å². The number of benzene rings is 1. The van der Waals surface area contributed by atoms with Gasteiger partial charge in [0.2, 0.25) is 0 Å². The van der Waals surface area contributed by atoms with Gasteiger partial charge in [0.15, 0.2) is 5.75 Å². The number of non-ortho nitro benzene ring substituents is 1. The number of nitro groups is 1. The van der Waals surface area contributed by atoms with Crippen LogP contribution in [0.1, 0.15) is 0 Å². The van der Waals surface area contributed by atoms with Crippen molar-refractivity contribution in [1.82, 2.24) is 0 Å². The van der Waals surface area contributed by atoms with Crippen molar-refractivity contribution in [2.75, 3.05) is 0 Å². The van der Waals surface area contributed by atoms with Gasteiger partial charge in [-0.05, 0) is 16.7 Å². The Bertz CT molecular complexity index is 297. The third-order valence-corrected chi connectivity index (χ3v) is 1.53. The van der Waals surface area contributed by atoms with Gasteiger partial charge in [-0.3, -0.25) is 14.6 Å². The Morgan fingerprint density at radius 2 is 1.92 bits per heavy atom. The minimum Gasteiger partial charge on any atom is -0.258 e. The maximum absolute atomic E-state index is 10.2. The first-order chi connectivity index (χ1) is 5.74. The highest BCUT2D eigenvalue weighted by Crippen LogP contribution is 2.19.